The van der Waals surface area contributed by atoms with Crippen LogP contribution in [0.2, 0.25) is 0 Å². The van der Waals surface area contributed by atoms with E-state index in [-0.39, 0.29) is 40.1 Å². The molecule has 46 heavy (non-hydrogen) atoms. The first-order chi connectivity index (χ1) is 21.7. The van der Waals surface area contributed by atoms with E-state index in [0.717, 1.165) is 78.2 Å². The SMILES string of the molecule is CCCOc1c2[c]ccc1Cc1cccc(c1OCCC)Cc1cccc(c1OCCC)Cc1cccc(c1OCCC)C2.[Cl-].[Hg+]. The second-order valence-electron chi connectivity index (χ2n) is 11.6. The molecule has 0 spiro atoms. The molecule has 4 aromatic carbocycles. The zero-order valence-corrected chi connectivity index (χ0v) is 34.3. The standard InChI is InChI=1S/C40H47O4.ClH.Hg/c1-5-21-41-37-29-13-9-14-30(37)26-32-16-11-18-34(39(32)43-23-7-3)28-36-20-12-19-35(40(36)44-24-8-4)27-33-17-10-15-31(25-29)38(33)42-22-6-2;;/h9-19H,5-8,21-28H2,1-4H3;1H;/q;;+1/p-1. The second-order valence-corrected chi connectivity index (χ2v) is 11.6. The molecular weight excluding hydrogens is 780 g/mol. The fraction of sp³-hybridized carbons (Fsp3) is 0.400. The topological polar surface area (TPSA) is 36.9 Å². The predicted octanol–water partition coefficient (Wildman–Crippen LogP) is 6.32. The first-order valence-electron chi connectivity index (χ1n) is 16.5. The molecule has 0 amide bonds. The molecule has 0 unspecified atom stereocenters. The minimum atomic E-state index is 0. The summed E-state index contributed by atoms with van der Waals surface area (Å²) in [5, 5.41) is 0. The van der Waals surface area contributed by atoms with Crippen molar-refractivity contribution < 1.29 is 59.0 Å². The van der Waals surface area contributed by atoms with Gasteiger partial charge in [-0.3, -0.25) is 0 Å². The van der Waals surface area contributed by atoms with Crippen LogP contribution < -0.4 is 31.4 Å². The monoisotopic (exact) mass is 828 g/mol. The van der Waals surface area contributed by atoms with E-state index < -0.39 is 0 Å². The molecule has 0 fully saturated rings. The van der Waals surface area contributed by atoms with Crippen LogP contribution in [0.3, 0.4) is 0 Å². The van der Waals surface area contributed by atoms with Crippen molar-refractivity contribution in [1.29, 1.82) is 0 Å². The Labute approximate surface area is 303 Å². The quantitative estimate of drug-likeness (QED) is 0.138. The Bertz CT molecular complexity index is 1230. The molecule has 0 N–H and O–H groups in total. The molecule has 6 heteroatoms. The van der Waals surface area contributed by atoms with E-state index in [2.05, 4.69) is 94.4 Å². The van der Waals surface area contributed by atoms with Crippen LogP contribution in [-0.2, 0) is 53.4 Å². The minimum Gasteiger partial charge on any atom is -1.00 e. The maximum atomic E-state index is 6.53. The van der Waals surface area contributed by atoms with E-state index >= 15 is 0 Å². The zero-order chi connectivity index (χ0) is 30.7. The molecule has 0 saturated carbocycles. The van der Waals surface area contributed by atoms with Gasteiger partial charge in [0.15, 0.2) is 0 Å². The smallest absolute Gasteiger partial charge is 1.00 e. The maximum absolute atomic E-state index is 6.53. The van der Waals surface area contributed by atoms with Crippen LogP contribution in [0.4, 0.5) is 0 Å². The van der Waals surface area contributed by atoms with Crippen molar-refractivity contribution in [3.63, 3.8) is 0 Å². The summed E-state index contributed by atoms with van der Waals surface area (Å²) in [6.07, 6.45) is 6.63. The van der Waals surface area contributed by atoms with Crippen LogP contribution in [0.15, 0.2) is 66.7 Å². The third-order valence-corrected chi connectivity index (χ3v) is 7.95. The molecule has 4 aromatic rings. The van der Waals surface area contributed by atoms with Gasteiger partial charge < -0.3 is 31.4 Å². The Hall–Kier alpha value is -2.69. The van der Waals surface area contributed by atoms with Crippen molar-refractivity contribution in [2.75, 3.05) is 26.4 Å². The molecule has 0 aliphatic heterocycles. The Morgan fingerprint density at radius 3 is 1.11 bits per heavy atom. The van der Waals surface area contributed by atoms with Gasteiger partial charge in [0, 0.05) is 31.2 Å². The molecule has 0 aromatic heterocycles. The molecule has 4 nitrogen and oxygen atoms in total. The van der Waals surface area contributed by atoms with Crippen molar-refractivity contribution in [3.8, 4) is 23.0 Å². The van der Waals surface area contributed by atoms with Gasteiger partial charge in [0.2, 0.25) is 0 Å². The number of hydrogen-bond acceptors (Lipinski definition) is 4. The van der Waals surface area contributed by atoms with Crippen LogP contribution in [0, 0.1) is 6.07 Å². The minimum absolute atomic E-state index is 0. The second kappa shape index (κ2) is 19.2. The summed E-state index contributed by atoms with van der Waals surface area (Å²) >= 11 is 0. The first-order valence-corrected chi connectivity index (χ1v) is 16.5. The fourth-order valence-electron chi connectivity index (χ4n) is 5.96. The maximum Gasteiger partial charge on any atom is 1.00 e. The number of fused-ring (bicyclic) bond motifs is 8. The molecule has 0 atom stereocenters. The van der Waals surface area contributed by atoms with Crippen LogP contribution in [0.1, 0.15) is 97.9 Å². The van der Waals surface area contributed by atoms with Gasteiger partial charge in [-0.25, -0.2) is 0 Å². The summed E-state index contributed by atoms with van der Waals surface area (Å²) in [5.74, 6) is 3.85. The number of halogens is 1. The van der Waals surface area contributed by atoms with E-state index in [4.69, 9.17) is 18.9 Å². The van der Waals surface area contributed by atoms with E-state index in [9.17, 15) is 0 Å². The molecule has 2 radical (unpaired) electrons. The summed E-state index contributed by atoms with van der Waals surface area (Å²) in [5.41, 5.74) is 9.23. The summed E-state index contributed by atoms with van der Waals surface area (Å²) in [7, 11) is 0. The number of para-hydroxylation sites is 3. The van der Waals surface area contributed by atoms with Crippen molar-refractivity contribution in [2.24, 2.45) is 0 Å². The van der Waals surface area contributed by atoms with Crippen LogP contribution in [0.5, 0.6) is 23.0 Å². The van der Waals surface area contributed by atoms with Gasteiger partial charge in [0.1, 0.15) is 23.0 Å². The van der Waals surface area contributed by atoms with Crippen LogP contribution in [0.25, 0.3) is 0 Å². The van der Waals surface area contributed by atoms with Crippen molar-refractivity contribution >= 4 is 0 Å². The van der Waals surface area contributed by atoms with Gasteiger partial charge in [-0.05, 0) is 70.7 Å². The molecule has 1 aliphatic rings. The van der Waals surface area contributed by atoms with Crippen molar-refractivity contribution in [3.05, 3.63) is 117 Å². The molecule has 8 bridgehead atoms. The van der Waals surface area contributed by atoms with Gasteiger partial charge in [-0.2, -0.15) is 0 Å². The van der Waals surface area contributed by atoms with Crippen molar-refractivity contribution in [1.82, 2.24) is 0 Å². The fourth-order valence-corrected chi connectivity index (χ4v) is 5.96. The van der Waals surface area contributed by atoms with Crippen LogP contribution in [-0.4, -0.2) is 26.4 Å². The zero-order valence-electron chi connectivity index (χ0n) is 28.1. The Morgan fingerprint density at radius 2 is 0.761 bits per heavy atom. The summed E-state index contributed by atoms with van der Waals surface area (Å²) in [4.78, 5) is 0. The molecule has 1 aliphatic carbocycles. The van der Waals surface area contributed by atoms with E-state index in [1.54, 1.807) is 0 Å². The molecule has 0 saturated heterocycles. The van der Waals surface area contributed by atoms with E-state index in [1.165, 1.54) is 27.8 Å². The largest absolute Gasteiger partial charge is 1.00 e. The summed E-state index contributed by atoms with van der Waals surface area (Å²) in [6, 6.07) is 27.4. The average Bonchev–Trinajstić information content (AvgIpc) is 3.03. The third-order valence-electron chi connectivity index (χ3n) is 7.95. The van der Waals surface area contributed by atoms with Gasteiger partial charge in [-0.15, -0.1) is 0 Å². The number of ether oxygens (including phenoxy) is 4. The Morgan fingerprint density at radius 1 is 0.457 bits per heavy atom. The molecule has 240 valence electrons. The summed E-state index contributed by atoms with van der Waals surface area (Å²) in [6.45, 7) is 11.3. The van der Waals surface area contributed by atoms with Gasteiger partial charge >= 0.3 is 27.7 Å². The Kier molecular flexibility index (Phi) is 15.8. The van der Waals surface area contributed by atoms with E-state index in [0.29, 0.717) is 39.3 Å². The third kappa shape index (κ3) is 9.22. The van der Waals surface area contributed by atoms with Gasteiger partial charge in [0.25, 0.3) is 0 Å². The predicted molar refractivity (Wildman–Crippen MR) is 179 cm³/mol. The normalized spacial score (nSPS) is 11.9. The Balaban J connectivity index is 0.00000288. The number of hydrogen-bond donors (Lipinski definition) is 0. The molecule has 5 rings (SSSR count). The van der Waals surface area contributed by atoms with Gasteiger partial charge in [-0.1, -0.05) is 94.4 Å². The van der Waals surface area contributed by atoms with Gasteiger partial charge in [0.05, 0.1) is 26.4 Å². The number of benzene rings is 4. The average molecular weight is 828 g/mol. The van der Waals surface area contributed by atoms with Crippen LogP contribution >= 0.6 is 0 Å². The molecular formula is C40H47ClHgO4. The number of rotatable bonds is 12. The van der Waals surface area contributed by atoms with E-state index in [1.807, 2.05) is 6.07 Å². The summed E-state index contributed by atoms with van der Waals surface area (Å²) < 4.78 is 26.1. The van der Waals surface area contributed by atoms with Crippen molar-refractivity contribution in [2.45, 2.75) is 79.1 Å². The first kappa shape index (κ1) is 37.8. The molecule has 0 heterocycles.